The maximum atomic E-state index is 11.0. The summed E-state index contributed by atoms with van der Waals surface area (Å²) in [4.78, 5) is 0. The van der Waals surface area contributed by atoms with Gasteiger partial charge in [0.25, 0.3) is 0 Å². The summed E-state index contributed by atoms with van der Waals surface area (Å²) in [5.74, 6) is 2.70. The van der Waals surface area contributed by atoms with Gasteiger partial charge in [0.05, 0.1) is 6.16 Å². The number of hydrogen-bond donors (Lipinski definition) is 0. The average Bonchev–Trinajstić information content (AvgIpc) is 2.10. The van der Waals surface area contributed by atoms with E-state index in [2.05, 4.69) is 5.92 Å². The first-order chi connectivity index (χ1) is 4.14. The van der Waals surface area contributed by atoms with Crippen molar-refractivity contribution in [1.82, 2.24) is 0 Å². The molecule has 1 rings (SSSR count). The standard InChI is InChI=1S/C6H7O2P/c1-3-6-4-5-9(2,7)8-6/h1,4H,5H2,2H3. The highest BCUT2D eigenvalue weighted by Crippen LogP contribution is 2.49. The summed E-state index contributed by atoms with van der Waals surface area (Å²) in [5, 5.41) is 0. The van der Waals surface area contributed by atoms with Crippen LogP contribution in [0.1, 0.15) is 0 Å². The summed E-state index contributed by atoms with van der Waals surface area (Å²) in [6.07, 6.45) is 7.15. The minimum Gasteiger partial charge on any atom is -0.434 e. The third kappa shape index (κ3) is 1.37. The lowest BCUT2D eigenvalue weighted by molar-refractivity contribution is 0.440. The summed E-state index contributed by atoms with van der Waals surface area (Å²) in [5.41, 5.74) is 0. The van der Waals surface area contributed by atoms with Crippen LogP contribution in [0.3, 0.4) is 0 Å². The maximum absolute atomic E-state index is 11.0. The molecule has 0 saturated carbocycles. The van der Waals surface area contributed by atoms with Crippen molar-refractivity contribution in [2.45, 2.75) is 0 Å². The molecular formula is C6H7O2P. The zero-order valence-corrected chi connectivity index (χ0v) is 6.02. The van der Waals surface area contributed by atoms with Crippen molar-refractivity contribution in [3.05, 3.63) is 11.8 Å². The second-order valence-electron chi connectivity index (χ2n) is 2.00. The van der Waals surface area contributed by atoms with Gasteiger partial charge in [0.2, 0.25) is 7.37 Å². The molecule has 0 radical (unpaired) electrons. The Kier molecular flexibility index (Phi) is 1.38. The molecule has 0 N–H and O–H groups in total. The van der Waals surface area contributed by atoms with Gasteiger partial charge in [-0.1, -0.05) is 0 Å². The van der Waals surface area contributed by atoms with Gasteiger partial charge in [-0.15, -0.1) is 6.42 Å². The molecule has 2 nitrogen and oxygen atoms in total. The van der Waals surface area contributed by atoms with Crippen molar-refractivity contribution in [1.29, 1.82) is 0 Å². The van der Waals surface area contributed by atoms with Crippen molar-refractivity contribution < 1.29 is 9.09 Å². The minimum atomic E-state index is -2.35. The zero-order valence-electron chi connectivity index (χ0n) is 5.13. The predicted octanol–water partition coefficient (Wildman–Crippen LogP) is 1.44. The summed E-state index contributed by atoms with van der Waals surface area (Å²) in [7, 11) is -2.35. The molecule has 1 atom stereocenters. The Hall–Kier alpha value is -0.670. The Labute approximate surface area is 54.4 Å². The molecule has 1 unspecified atom stereocenters. The van der Waals surface area contributed by atoms with Gasteiger partial charge < -0.3 is 4.52 Å². The summed E-state index contributed by atoms with van der Waals surface area (Å²) in [6.45, 7) is 1.58. The molecule has 0 bridgehead atoms. The van der Waals surface area contributed by atoms with Crippen LogP contribution in [0, 0.1) is 12.3 Å². The highest BCUT2D eigenvalue weighted by molar-refractivity contribution is 7.58. The molecule has 0 fully saturated rings. The Morgan fingerprint density at radius 2 is 2.67 bits per heavy atom. The first-order valence-corrected chi connectivity index (χ1v) is 4.83. The molecule has 1 aliphatic heterocycles. The molecular weight excluding hydrogens is 135 g/mol. The fourth-order valence-corrected chi connectivity index (χ4v) is 1.73. The lowest BCUT2D eigenvalue weighted by Gasteiger charge is -2.02. The zero-order chi connectivity index (χ0) is 6.91. The molecule has 3 heteroatoms. The number of allylic oxidation sites excluding steroid dienone is 2. The number of rotatable bonds is 0. The summed E-state index contributed by atoms with van der Waals surface area (Å²) < 4.78 is 15.9. The van der Waals surface area contributed by atoms with Gasteiger partial charge >= 0.3 is 0 Å². The van der Waals surface area contributed by atoms with Crippen LogP contribution in [0.4, 0.5) is 0 Å². The lowest BCUT2D eigenvalue weighted by atomic mass is 10.5. The quantitative estimate of drug-likeness (QED) is 0.378. The molecule has 48 valence electrons. The second-order valence-corrected chi connectivity index (χ2v) is 4.58. The van der Waals surface area contributed by atoms with Crippen LogP contribution in [0.25, 0.3) is 0 Å². The lowest BCUT2D eigenvalue weighted by Crippen LogP contribution is -1.78. The van der Waals surface area contributed by atoms with E-state index in [1.54, 1.807) is 12.7 Å². The van der Waals surface area contributed by atoms with E-state index in [4.69, 9.17) is 10.9 Å². The first-order valence-electron chi connectivity index (χ1n) is 2.57. The van der Waals surface area contributed by atoms with Gasteiger partial charge in [-0.05, 0) is 12.0 Å². The summed E-state index contributed by atoms with van der Waals surface area (Å²) >= 11 is 0. The fourth-order valence-electron chi connectivity index (χ4n) is 0.617. The van der Waals surface area contributed by atoms with Gasteiger partial charge in [-0.3, -0.25) is 4.57 Å². The maximum Gasteiger partial charge on any atom is 0.249 e. The Morgan fingerprint density at radius 1 is 2.00 bits per heavy atom. The van der Waals surface area contributed by atoms with E-state index < -0.39 is 7.37 Å². The third-order valence-electron chi connectivity index (χ3n) is 1.04. The molecule has 0 aromatic carbocycles. The molecule has 1 heterocycles. The molecule has 0 saturated heterocycles. The summed E-state index contributed by atoms with van der Waals surface area (Å²) in [6, 6.07) is 0. The van der Waals surface area contributed by atoms with Gasteiger partial charge in [0, 0.05) is 6.66 Å². The molecule has 0 spiro atoms. The smallest absolute Gasteiger partial charge is 0.249 e. The van der Waals surface area contributed by atoms with Crippen molar-refractivity contribution in [3.63, 3.8) is 0 Å². The molecule has 0 aromatic rings. The average molecular weight is 142 g/mol. The highest BCUT2D eigenvalue weighted by Gasteiger charge is 2.22. The van der Waals surface area contributed by atoms with E-state index >= 15 is 0 Å². The van der Waals surface area contributed by atoms with Gasteiger partial charge in [-0.25, -0.2) is 0 Å². The molecule has 0 aliphatic carbocycles. The van der Waals surface area contributed by atoms with Gasteiger partial charge in [0.15, 0.2) is 5.76 Å². The van der Waals surface area contributed by atoms with Gasteiger partial charge in [0.1, 0.15) is 0 Å². The van der Waals surface area contributed by atoms with E-state index in [0.717, 1.165) is 0 Å². The fraction of sp³-hybridized carbons (Fsp3) is 0.333. The van der Waals surface area contributed by atoms with E-state index in [0.29, 0.717) is 11.9 Å². The van der Waals surface area contributed by atoms with Crippen LogP contribution in [0.15, 0.2) is 11.8 Å². The van der Waals surface area contributed by atoms with E-state index in [1.165, 1.54) is 0 Å². The van der Waals surface area contributed by atoms with E-state index in [9.17, 15) is 4.57 Å². The van der Waals surface area contributed by atoms with Crippen molar-refractivity contribution in [3.8, 4) is 12.3 Å². The van der Waals surface area contributed by atoms with Crippen molar-refractivity contribution in [2.75, 3.05) is 12.8 Å². The van der Waals surface area contributed by atoms with Crippen molar-refractivity contribution >= 4 is 7.37 Å². The van der Waals surface area contributed by atoms with Crippen molar-refractivity contribution in [2.24, 2.45) is 0 Å². The topological polar surface area (TPSA) is 26.3 Å². The van der Waals surface area contributed by atoms with E-state index in [-0.39, 0.29) is 0 Å². The predicted molar refractivity (Wildman–Crippen MR) is 36.4 cm³/mol. The molecule has 0 amide bonds. The molecule has 9 heavy (non-hydrogen) atoms. The first kappa shape index (κ1) is 6.45. The normalized spacial score (nSPS) is 32.7. The SMILES string of the molecule is C#CC1=CCP(C)(=O)O1. The van der Waals surface area contributed by atoms with Crippen LogP contribution in [0.5, 0.6) is 0 Å². The van der Waals surface area contributed by atoms with E-state index in [1.807, 2.05) is 0 Å². The second kappa shape index (κ2) is 1.93. The molecule has 0 aromatic heterocycles. The van der Waals surface area contributed by atoms with Crippen LogP contribution < -0.4 is 0 Å². The Morgan fingerprint density at radius 3 is 2.89 bits per heavy atom. The highest BCUT2D eigenvalue weighted by atomic mass is 31.2. The monoisotopic (exact) mass is 142 g/mol. The minimum absolute atomic E-state index is 0.417. The largest absolute Gasteiger partial charge is 0.434 e. The third-order valence-corrected chi connectivity index (χ3v) is 2.47. The van der Waals surface area contributed by atoms with Crippen LogP contribution in [-0.4, -0.2) is 12.8 Å². The number of hydrogen-bond acceptors (Lipinski definition) is 2. The number of terminal acetylenes is 1. The Bertz CT molecular complexity index is 234. The Balaban J connectivity index is 2.74. The molecule has 1 aliphatic rings. The van der Waals surface area contributed by atoms with Crippen LogP contribution in [-0.2, 0) is 9.09 Å². The van der Waals surface area contributed by atoms with Crippen LogP contribution in [0.2, 0.25) is 0 Å². The van der Waals surface area contributed by atoms with Gasteiger partial charge in [-0.2, -0.15) is 0 Å². The van der Waals surface area contributed by atoms with Crippen LogP contribution >= 0.6 is 7.37 Å².